The maximum Gasteiger partial charge on any atom is 0.239 e. The van der Waals surface area contributed by atoms with E-state index >= 15 is 0 Å². The molecule has 0 heterocycles. The van der Waals surface area contributed by atoms with E-state index in [1.54, 1.807) is 6.92 Å². The number of rotatable bonds is 4. The summed E-state index contributed by atoms with van der Waals surface area (Å²) in [6.45, 7) is 4.58. The molecule has 1 fully saturated rings. The molecule has 1 amide bonds. The minimum atomic E-state index is -0.389. The first kappa shape index (κ1) is 14.5. The van der Waals surface area contributed by atoms with Crippen molar-refractivity contribution in [2.75, 3.05) is 20.6 Å². The SMILES string of the molecule is CCN(C(=O)[C@H](C)N)[C@@H]1CCCC[C@@H]1N(C)C. The summed E-state index contributed by atoms with van der Waals surface area (Å²) in [5.74, 6) is 0.0891. The molecular weight excluding hydrogens is 214 g/mol. The lowest BCUT2D eigenvalue weighted by Crippen LogP contribution is -2.56. The molecule has 0 aromatic rings. The lowest BCUT2D eigenvalue weighted by molar-refractivity contribution is -0.136. The number of hydrogen-bond donors (Lipinski definition) is 1. The van der Waals surface area contributed by atoms with E-state index in [0.29, 0.717) is 12.1 Å². The molecule has 0 aromatic carbocycles. The van der Waals surface area contributed by atoms with Crippen LogP contribution >= 0.6 is 0 Å². The van der Waals surface area contributed by atoms with Crippen LogP contribution in [0.4, 0.5) is 0 Å². The molecule has 0 unspecified atom stereocenters. The Morgan fingerprint density at radius 2 is 1.82 bits per heavy atom. The van der Waals surface area contributed by atoms with Crippen LogP contribution in [0.1, 0.15) is 39.5 Å². The molecule has 0 saturated heterocycles. The second-order valence-corrected chi connectivity index (χ2v) is 5.30. The zero-order valence-corrected chi connectivity index (χ0v) is 11.6. The van der Waals surface area contributed by atoms with E-state index in [2.05, 4.69) is 19.0 Å². The van der Waals surface area contributed by atoms with Crippen molar-refractivity contribution in [1.82, 2.24) is 9.80 Å². The molecule has 1 rings (SSSR count). The van der Waals surface area contributed by atoms with Crippen LogP contribution < -0.4 is 5.73 Å². The van der Waals surface area contributed by atoms with Crippen LogP contribution in [0.15, 0.2) is 0 Å². The van der Waals surface area contributed by atoms with Crippen LogP contribution in [0.5, 0.6) is 0 Å². The topological polar surface area (TPSA) is 49.6 Å². The molecule has 0 bridgehead atoms. The van der Waals surface area contributed by atoms with E-state index in [-0.39, 0.29) is 11.9 Å². The fourth-order valence-electron chi connectivity index (χ4n) is 2.87. The highest BCUT2D eigenvalue weighted by Crippen LogP contribution is 2.26. The molecule has 1 aliphatic rings. The van der Waals surface area contributed by atoms with Crippen LogP contribution in [0.2, 0.25) is 0 Å². The third kappa shape index (κ3) is 3.42. The van der Waals surface area contributed by atoms with Crippen LogP contribution in [-0.2, 0) is 4.79 Å². The van der Waals surface area contributed by atoms with E-state index in [4.69, 9.17) is 5.73 Å². The van der Waals surface area contributed by atoms with Gasteiger partial charge in [-0.25, -0.2) is 0 Å². The number of carbonyl (C=O) groups excluding carboxylic acids is 1. The quantitative estimate of drug-likeness (QED) is 0.800. The summed E-state index contributed by atoms with van der Waals surface area (Å²) >= 11 is 0. The van der Waals surface area contributed by atoms with Crippen molar-refractivity contribution in [2.45, 2.75) is 57.7 Å². The lowest BCUT2D eigenvalue weighted by Gasteiger charge is -2.43. The summed E-state index contributed by atoms with van der Waals surface area (Å²) in [6.07, 6.45) is 4.77. The Hall–Kier alpha value is -0.610. The zero-order valence-electron chi connectivity index (χ0n) is 11.6. The van der Waals surface area contributed by atoms with Gasteiger partial charge in [0.15, 0.2) is 0 Å². The standard InChI is InChI=1S/C13H27N3O/c1-5-16(13(17)10(2)14)12-9-7-6-8-11(12)15(3)4/h10-12H,5-9,14H2,1-4H3/t10-,11-,12+/m0/s1. The van der Waals surface area contributed by atoms with Crippen molar-refractivity contribution in [1.29, 1.82) is 0 Å². The van der Waals surface area contributed by atoms with Crippen LogP contribution in [0, 0.1) is 0 Å². The maximum atomic E-state index is 12.1. The summed E-state index contributed by atoms with van der Waals surface area (Å²) in [6, 6.07) is 0.424. The molecule has 2 N–H and O–H groups in total. The fraction of sp³-hybridized carbons (Fsp3) is 0.923. The number of carbonyl (C=O) groups is 1. The predicted molar refractivity (Wildman–Crippen MR) is 70.8 cm³/mol. The van der Waals surface area contributed by atoms with Crippen molar-refractivity contribution in [3.05, 3.63) is 0 Å². The average molecular weight is 241 g/mol. The van der Waals surface area contributed by atoms with Gasteiger partial charge in [0.1, 0.15) is 0 Å². The Balaban J connectivity index is 2.80. The first-order chi connectivity index (χ1) is 7.99. The van der Waals surface area contributed by atoms with Crippen molar-refractivity contribution in [3.8, 4) is 0 Å². The average Bonchev–Trinajstić information content (AvgIpc) is 2.30. The molecule has 4 nitrogen and oxygen atoms in total. The second kappa shape index (κ2) is 6.36. The lowest BCUT2D eigenvalue weighted by atomic mass is 9.88. The number of amides is 1. The minimum absolute atomic E-state index is 0.0891. The second-order valence-electron chi connectivity index (χ2n) is 5.30. The van der Waals surface area contributed by atoms with Gasteiger partial charge in [0.2, 0.25) is 5.91 Å². The van der Waals surface area contributed by atoms with Crippen LogP contribution in [-0.4, -0.2) is 54.5 Å². The van der Waals surface area contributed by atoms with Gasteiger partial charge in [0, 0.05) is 18.6 Å². The first-order valence-electron chi connectivity index (χ1n) is 6.71. The van der Waals surface area contributed by atoms with E-state index in [9.17, 15) is 4.79 Å². The highest BCUT2D eigenvalue weighted by Gasteiger charge is 2.33. The normalized spacial score (nSPS) is 26.9. The van der Waals surface area contributed by atoms with E-state index in [0.717, 1.165) is 13.0 Å². The van der Waals surface area contributed by atoms with Gasteiger partial charge in [-0.1, -0.05) is 12.8 Å². The molecule has 17 heavy (non-hydrogen) atoms. The maximum absolute atomic E-state index is 12.1. The zero-order chi connectivity index (χ0) is 13.0. The fourth-order valence-corrected chi connectivity index (χ4v) is 2.87. The summed E-state index contributed by atoms with van der Waals surface area (Å²) < 4.78 is 0. The highest BCUT2D eigenvalue weighted by molar-refractivity contribution is 5.81. The molecule has 0 aromatic heterocycles. The van der Waals surface area contributed by atoms with Crippen molar-refractivity contribution in [2.24, 2.45) is 5.73 Å². The molecule has 0 aliphatic heterocycles. The number of nitrogens with zero attached hydrogens (tertiary/aromatic N) is 2. The molecule has 1 aliphatic carbocycles. The Bertz CT molecular complexity index is 253. The molecule has 1 saturated carbocycles. The monoisotopic (exact) mass is 241 g/mol. The predicted octanol–water partition coefficient (Wildman–Crippen LogP) is 1.05. The Labute approximate surface area is 105 Å². The highest BCUT2D eigenvalue weighted by atomic mass is 16.2. The molecule has 0 radical (unpaired) electrons. The van der Waals surface area contributed by atoms with Gasteiger partial charge >= 0.3 is 0 Å². The van der Waals surface area contributed by atoms with Gasteiger partial charge in [0.05, 0.1) is 6.04 Å². The molecule has 4 heteroatoms. The Morgan fingerprint density at radius 3 is 2.24 bits per heavy atom. The third-order valence-electron chi connectivity index (χ3n) is 3.77. The Morgan fingerprint density at radius 1 is 1.29 bits per heavy atom. The summed E-state index contributed by atoms with van der Waals surface area (Å²) in [4.78, 5) is 16.4. The van der Waals surface area contributed by atoms with E-state index in [1.165, 1.54) is 19.3 Å². The third-order valence-corrected chi connectivity index (χ3v) is 3.77. The van der Waals surface area contributed by atoms with Gasteiger partial charge in [-0.05, 0) is 40.8 Å². The first-order valence-corrected chi connectivity index (χ1v) is 6.71. The van der Waals surface area contributed by atoms with Gasteiger partial charge in [-0.3, -0.25) is 4.79 Å². The van der Waals surface area contributed by atoms with Crippen molar-refractivity contribution in [3.63, 3.8) is 0 Å². The van der Waals surface area contributed by atoms with E-state index in [1.807, 2.05) is 11.8 Å². The minimum Gasteiger partial charge on any atom is -0.337 e. The molecule has 3 atom stereocenters. The molecule has 100 valence electrons. The summed E-state index contributed by atoms with van der Waals surface area (Å²) in [5.41, 5.74) is 5.74. The van der Waals surface area contributed by atoms with Gasteiger partial charge < -0.3 is 15.5 Å². The van der Waals surface area contributed by atoms with Crippen LogP contribution in [0.25, 0.3) is 0 Å². The van der Waals surface area contributed by atoms with Gasteiger partial charge in [-0.2, -0.15) is 0 Å². The van der Waals surface area contributed by atoms with Crippen LogP contribution in [0.3, 0.4) is 0 Å². The van der Waals surface area contributed by atoms with Gasteiger partial charge in [0.25, 0.3) is 0 Å². The summed E-state index contributed by atoms with van der Waals surface area (Å²) in [7, 11) is 4.21. The Kier molecular flexibility index (Phi) is 5.40. The number of likely N-dealkylation sites (N-methyl/N-ethyl adjacent to an activating group) is 2. The van der Waals surface area contributed by atoms with Gasteiger partial charge in [-0.15, -0.1) is 0 Å². The van der Waals surface area contributed by atoms with E-state index < -0.39 is 0 Å². The van der Waals surface area contributed by atoms with Crippen molar-refractivity contribution >= 4 is 5.91 Å². The molecular formula is C13H27N3O. The smallest absolute Gasteiger partial charge is 0.239 e. The summed E-state index contributed by atoms with van der Waals surface area (Å²) in [5, 5.41) is 0. The number of nitrogens with two attached hydrogens (primary N) is 1. The van der Waals surface area contributed by atoms with Crippen molar-refractivity contribution < 1.29 is 4.79 Å². The number of hydrogen-bond acceptors (Lipinski definition) is 3. The molecule has 0 spiro atoms. The largest absolute Gasteiger partial charge is 0.337 e.